The molecule has 106 valence electrons. The highest BCUT2D eigenvalue weighted by Crippen LogP contribution is 2.31. The van der Waals surface area contributed by atoms with Gasteiger partial charge in [-0.3, -0.25) is 0 Å². The van der Waals surface area contributed by atoms with Gasteiger partial charge in [-0.15, -0.1) is 5.10 Å². The molecule has 0 fully saturated rings. The summed E-state index contributed by atoms with van der Waals surface area (Å²) in [7, 11) is 0. The van der Waals surface area contributed by atoms with E-state index >= 15 is 0 Å². The molecule has 0 aliphatic carbocycles. The molecule has 0 amide bonds. The molecular weight excluding hydrogens is 286 g/mol. The number of nitrogen functional groups attached to an aromatic ring is 1. The number of benzene rings is 2. The molecule has 0 radical (unpaired) electrons. The molecule has 6 heteroatoms. The van der Waals surface area contributed by atoms with Crippen LogP contribution in [0.15, 0.2) is 36.4 Å². The van der Waals surface area contributed by atoms with Gasteiger partial charge in [-0.2, -0.15) is 4.68 Å². The largest absolute Gasteiger partial charge is 0.397 e. The van der Waals surface area contributed by atoms with E-state index in [1.54, 1.807) is 10.7 Å². The Morgan fingerprint density at radius 3 is 2.43 bits per heavy atom. The Morgan fingerprint density at radius 1 is 1.05 bits per heavy atom. The van der Waals surface area contributed by atoms with Gasteiger partial charge in [0.2, 0.25) is 0 Å². The van der Waals surface area contributed by atoms with Crippen LogP contribution < -0.4 is 5.73 Å². The van der Waals surface area contributed by atoms with Crippen LogP contribution in [0.5, 0.6) is 0 Å². The number of para-hydroxylation sites is 2. The molecular formula is C15H14ClN5. The zero-order chi connectivity index (χ0) is 15.0. The fraction of sp³-hybridized carbons (Fsp3) is 0.133. The molecule has 5 nitrogen and oxygen atoms in total. The van der Waals surface area contributed by atoms with Crippen molar-refractivity contribution in [1.29, 1.82) is 0 Å². The molecule has 1 aromatic heterocycles. The van der Waals surface area contributed by atoms with Crippen molar-refractivity contribution in [3.63, 3.8) is 0 Å². The lowest BCUT2D eigenvalue weighted by atomic mass is 10.1. The maximum Gasteiger partial charge on any atom is 0.189 e. The minimum atomic E-state index is 0.474. The molecule has 0 atom stereocenters. The molecule has 3 aromatic rings. The normalized spacial score (nSPS) is 10.8. The van der Waals surface area contributed by atoms with E-state index in [2.05, 4.69) is 15.5 Å². The van der Waals surface area contributed by atoms with Crippen LogP contribution >= 0.6 is 11.6 Å². The van der Waals surface area contributed by atoms with E-state index in [4.69, 9.17) is 17.3 Å². The van der Waals surface area contributed by atoms with Gasteiger partial charge >= 0.3 is 0 Å². The SMILES string of the molecule is Cc1cccc(C)c1-n1nnnc1-c1cccc(Cl)c1N. The number of anilines is 1. The smallest absolute Gasteiger partial charge is 0.189 e. The van der Waals surface area contributed by atoms with Gasteiger partial charge in [-0.1, -0.05) is 35.9 Å². The van der Waals surface area contributed by atoms with Crippen LogP contribution in [0.4, 0.5) is 5.69 Å². The van der Waals surface area contributed by atoms with Crippen molar-refractivity contribution < 1.29 is 0 Å². The van der Waals surface area contributed by atoms with E-state index in [-0.39, 0.29) is 0 Å². The number of nitrogens with two attached hydrogens (primary N) is 1. The second-order valence-electron chi connectivity index (χ2n) is 4.86. The first-order valence-electron chi connectivity index (χ1n) is 6.49. The molecule has 0 spiro atoms. The number of tetrazole rings is 1. The van der Waals surface area contributed by atoms with Gasteiger partial charge in [0.25, 0.3) is 0 Å². The molecule has 0 bridgehead atoms. The maximum atomic E-state index is 6.09. The molecule has 3 rings (SSSR count). The summed E-state index contributed by atoms with van der Waals surface area (Å²) in [6.45, 7) is 4.05. The Labute approximate surface area is 127 Å². The molecule has 0 unspecified atom stereocenters. The summed E-state index contributed by atoms with van der Waals surface area (Å²) in [6, 6.07) is 11.5. The number of hydrogen-bond acceptors (Lipinski definition) is 4. The van der Waals surface area contributed by atoms with Gasteiger partial charge in [0, 0.05) is 5.56 Å². The predicted octanol–water partition coefficient (Wildman–Crippen LogP) is 3.18. The van der Waals surface area contributed by atoms with E-state index in [1.807, 2.05) is 44.2 Å². The third-order valence-electron chi connectivity index (χ3n) is 3.41. The Hall–Kier alpha value is -2.40. The third kappa shape index (κ3) is 2.25. The number of nitrogens with zero attached hydrogens (tertiary/aromatic N) is 4. The van der Waals surface area contributed by atoms with E-state index in [9.17, 15) is 0 Å². The van der Waals surface area contributed by atoms with Crippen LogP contribution in [0.1, 0.15) is 11.1 Å². The van der Waals surface area contributed by atoms with Crippen molar-refractivity contribution >= 4 is 17.3 Å². The number of hydrogen-bond donors (Lipinski definition) is 1. The number of halogens is 1. The van der Waals surface area contributed by atoms with Gasteiger partial charge < -0.3 is 5.73 Å². The fourth-order valence-electron chi connectivity index (χ4n) is 2.38. The van der Waals surface area contributed by atoms with Crippen molar-refractivity contribution in [2.75, 3.05) is 5.73 Å². The number of aromatic nitrogens is 4. The van der Waals surface area contributed by atoms with Crippen molar-refractivity contribution in [1.82, 2.24) is 20.2 Å². The summed E-state index contributed by atoms with van der Waals surface area (Å²) in [4.78, 5) is 0. The highest BCUT2D eigenvalue weighted by atomic mass is 35.5. The average molecular weight is 300 g/mol. The first-order chi connectivity index (χ1) is 10.1. The first kappa shape index (κ1) is 13.6. The molecule has 2 N–H and O–H groups in total. The molecule has 21 heavy (non-hydrogen) atoms. The zero-order valence-electron chi connectivity index (χ0n) is 11.7. The van der Waals surface area contributed by atoms with E-state index in [0.29, 0.717) is 16.5 Å². The summed E-state index contributed by atoms with van der Waals surface area (Å²) >= 11 is 6.09. The summed E-state index contributed by atoms with van der Waals surface area (Å²) in [5, 5.41) is 12.5. The second-order valence-corrected chi connectivity index (χ2v) is 5.26. The van der Waals surface area contributed by atoms with Crippen molar-refractivity contribution in [3.05, 3.63) is 52.5 Å². The van der Waals surface area contributed by atoms with Crippen LogP contribution in [-0.4, -0.2) is 20.2 Å². The highest BCUT2D eigenvalue weighted by molar-refractivity contribution is 6.33. The zero-order valence-corrected chi connectivity index (χ0v) is 12.5. The van der Waals surface area contributed by atoms with Crippen LogP contribution in [-0.2, 0) is 0 Å². The van der Waals surface area contributed by atoms with E-state index < -0.39 is 0 Å². The molecule has 0 saturated carbocycles. The Balaban J connectivity index is 2.25. The van der Waals surface area contributed by atoms with Gasteiger partial charge in [0.15, 0.2) is 5.82 Å². The average Bonchev–Trinajstić information content (AvgIpc) is 2.91. The van der Waals surface area contributed by atoms with Crippen LogP contribution in [0.25, 0.3) is 17.1 Å². The summed E-state index contributed by atoms with van der Waals surface area (Å²) < 4.78 is 1.70. The lowest BCUT2D eigenvalue weighted by Crippen LogP contribution is -2.05. The molecule has 0 aliphatic heterocycles. The summed E-state index contributed by atoms with van der Waals surface area (Å²) in [5.41, 5.74) is 10.4. The molecule has 0 aliphatic rings. The third-order valence-corrected chi connectivity index (χ3v) is 3.74. The van der Waals surface area contributed by atoms with Gasteiger partial charge in [0.1, 0.15) is 0 Å². The van der Waals surface area contributed by atoms with Crippen LogP contribution in [0.2, 0.25) is 5.02 Å². The maximum absolute atomic E-state index is 6.09. The van der Waals surface area contributed by atoms with Crippen molar-refractivity contribution in [2.24, 2.45) is 0 Å². The molecule has 1 heterocycles. The van der Waals surface area contributed by atoms with E-state index in [1.165, 1.54) is 0 Å². The first-order valence-corrected chi connectivity index (χ1v) is 6.86. The minimum Gasteiger partial charge on any atom is -0.397 e. The monoisotopic (exact) mass is 299 g/mol. The van der Waals surface area contributed by atoms with E-state index in [0.717, 1.165) is 22.4 Å². The predicted molar refractivity (Wildman–Crippen MR) is 83.5 cm³/mol. The topological polar surface area (TPSA) is 69.6 Å². The van der Waals surface area contributed by atoms with Gasteiger partial charge in [-0.25, -0.2) is 0 Å². The highest BCUT2D eigenvalue weighted by Gasteiger charge is 2.17. The Bertz CT molecular complexity index is 789. The Kier molecular flexibility index (Phi) is 3.35. The minimum absolute atomic E-state index is 0.474. The molecule has 0 saturated heterocycles. The van der Waals surface area contributed by atoms with Crippen molar-refractivity contribution in [2.45, 2.75) is 13.8 Å². The lowest BCUT2D eigenvalue weighted by Gasteiger charge is -2.12. The fourth-order valence-corrected chi connectivity index (χ4v) is 2.55. The van der Waals surface area contributed by atoms with Gasteiger partial charge in [0.05, 0.1) is 16.4 Å². The van der Waals surface area contributed by atoms with Crippen LogP contribution in [0.3, 0.4) is 0 Å². The second kappa shape index (κ2) is 5.18. The quantitative estimate of drug-likeness (QED) is 0.738. The number of rotatable bonds is 2. The van der Waals surface area contributed by atoms with Crippen LogP contribution in [0, 0.1) is 13.8 Å². The lowest BCUT2D eigenvalue weighted by molar-refractivity contribution is 0.783. The number of aryl methyl sites for hydroxylation is 2. The molecule has 2 aromatic carbocycles. The van der Waals surface area contributed by atoms with Gasteiger partial charge in [-0.05, 0) is 47.5 Å². The summed E-state index contributed by atoms with van der Waals surface area (Å²) in [5.74, 6) is 0.576. The Morgan fingerprint density at radius 2 is 1.71 bits per heavy atom. The standard InChI is InChI=1S/C15H14ClN5/c1-9-5-3-6-10(2)14(9)21-15(18-19-20-21)11-7-4-8-12(16)13(11)17/h3-8H,17H2,1-2H3. The van der Waals surface area contributed by atoms with Crippen molar-refractivity contribution in [3.8, 4) is 17.1 Å². The summed E-state index contributed by atoms with van der Waals surface area (Å²) in [6.07, 6.45) is 0.